The van der Waals surface area contributed by atoms with Crippen molar-refractivity contribution in [2.24, 2.45) is 7.05 Å². The van der Waals surface area contributed by atoms with Crippen LogP contribution in [-0.2, 0) is 17.1 Å². The van der Waals surface area contributed by atoms with Crippen LogP contribution in [-0.4, -0.2) is 29.6 Å². The second-order valence-corrected chi connectivity index (χ2v) is 8.93. The minimum absolute atomic E-state index is 0.218. The molecule has 1 atom stereocenters. The molecule has 0 saturated carbocycles. The molecule has 3 rings (SSSR count). The average Bonchev–Trinajstić information content (AvgIpc) is 2.97. The average molecular weight is 434 g/mol. The molecule has 2 aromatic carbocycles. The van der Waals surface area contributed by atoms with Crippen LogP contribution in [0.15, 0.2) is 70.2 Å². The van der Waals surface area contributed by atoms with Crippen molar-refractivity contribution in [1.29, 1.82) is 0 Å². The van der Waals surface area contributed by atoms with Crippen molar-refractivity contribution in [2.45, 2.75) is 17.9 Å². The Bertz CT molecular complexity index is 1020. The van der Waals surface area contributed by atoms with Gasteiger partial charge in [-0.2, -0.15) is 9.40 Å². The standard InChI is InChI=1S/C19H20BrN3O2S/c1-14-18(13-22(2)21-14)26(24,25)23(3)19(15-9-5-4-6-10-15)16-11-7-8-12-17(16)20/h4-13,19H,1-3H3. The molecule has 0 radical (unpaired) electrons. The summed E-state index contributed by atoms with van der Waals surface area (Å²) in [5.74, 6) is 0. The summed E-state index contributed by atoms with van der Waals surface area (Å²) in [6, 6.07) is 16.8. The number of benzene rings is 2. The van der Waals surface area contributed by atoms with Crippen molar-refractivity contribution in [3.05, 3.63) is 82.1 Å². The van der Waals surface area contributed by atoms with Crippen molar-refractivity contribution < 1.29 is 8.42 Å². The molecule has 7 heteroatoms. The van der Waals surface area contributed by atoms with Crippen LogP contribution in [0.1, 0.15) is 22.9 Å². The van der Waals surface area contributed by atoms with E-state index in [0.717, 1.165) is 15.6 Å². The largest absolute Gasteiger partial charge is 0.274 e. The fourth-order valence-electron chi connectivity index (χ4n) is 3.04. The highest BCUT2D eigenvalue weighted by Gasteiger charge is 2.33. The maximum Gasteiger partial charge on any atom is 0.247 e. The van der Waals surface area contributed by atoms with Gasteiger partial charge >= 0.3 is 0 Å². The number of aromatic nitrogens is 2. The number of aryl methyl sites for hydroxylation is 2. The summed E-state index contributed by atoms with van der Waals surface area (Å²) in [5, 5.41) is 4.18. The zero-order valence-electron chi connectivity index (χ0n) is 14.8. The fourth-order valence-corrected chi connectivity index (χ4v) is 5.07. The summed E-state index contributed by atoms with van der Waals surface area (Å²) in [6.07, 6.45) is 1.54. The third kappa shape index (κ3) is 3.47. The number of nitrogens with zero attached hydrogens (tertiary/aromatic N) is 3. The number of rotatable bonds is 5. The van der Waals surface area contributed by atoms with Crippen LogP contribution in [0.3, 0.4) is 0 Å². The molecule has 5 nitrogen and oxygen atoms in total. The smallest absolute Gasteiger partial charge is 0.247 e. The van der Waals surface area contributed by atoms with Gasteiger partial charge in [-0.05, 0) is 24.1 Å². The Balaban J connectivity index is 2.16. The predicted molar refractivity (Wildman–Crippen MR) is 105 cm³/mol. The van der Waals surface area contributed by atoms with Gasteiger partial charge in [0.2, 0.25) is 10.0 Å². The molecule has 0 bridgehead atoms. The van der Waals surface area contributed by atoms with Crippen LogP contribution in [0.2, 0.25) is 0 Å². The van der Waals surface area contributed by atoms with E-state index in [9.17, 15) is 8.42 Å². The van der Waals surface area contributed by atoms with Crippen LogP contribution >= 0.6 is 15.9 Å². The molecule has 0 aliphatic rings. The summed E-state index contributed by atoms with van der Waals surface area (Å²) in [5.41, 5.74) is 2.26. The van der Waals surface area contributed by atoms with Crippen LogP contribution in [0.5, 0.6) is 0 Å². The molecule has 0 aliphatic carbocycles. The summed E-state index contributed by atoms with van der Waals surface area (Å²) in [7, 11) is -0.405. The van der Waals surface area contributed by atoms with Crippen molar-refractivity contribution in [3.8, 4) is 0 Å². The molecule has 3 aromatic rings. The monoisotopic (exact) mass is 433 g/mol. The first-order valence-corrected chi connectivity index (χ1v) is 10.3. The van der Waals surface area contributed by atoms with E-state index in [-0.39, 0.29) is 4.90 Å². The molecule has 0 fully saturated rings. The van der Waals surface area contributed by atoms with E-state index in [1.165, 1.54) is 8.99 Å². The lowest BCUT2D eigenvalue weighted by molar-refractivity contribution is 0.416. The maximum absolute atomic E-state index is 13.3. The molecule has 0 spiro atoms. The lowest BCUT2D eigenvalue weighted by Crippen LogP contribution is -2.32. The van der Waals surface area contributed by atoms with Gasteiger partial charge in [0.25, 0.3) is 0 Å². The molecular weight excluding hydrogens is 414 g/mol. The molecule has 1 aromatic heterocycles. The summed E-state index contributed by atoms with van der Waals surface area (Å²) >= 11 is 3.57. The summed E-state index contributed by atoms with van der Waals surface area (Å²) < 4.78 is 30.4. The number of sulfonamides is 1. The third-order valence-corrected chi connectivity index (χ3v) is 6.95. The molecular formula is C19H20BrN3O2S. The Labute approximate surface area is 162 Å². The number of hydrogen-bond donors (Lipinski definition) is 0. The highest BCUT2D eigenvalue weighted by Crippen LogP contribution is 2.36. The zero-order chi connectivity index (χ0) is 18.9. The molecule has 26 heavy (non-hydrogen) atoms. The molecule has 136 valence electrons. The maximum atomic E-state index is 13.3. The Morgan fingerprint density at radius 1 is 1.08 bits per heavy atom. The molecule has 1 unspecified atom stereocenters. The molecule has 1 heterocycles. The van der Waals surface area contributed by atoms with Crippen molar-refractivity contribution in [1.82, 2.24) is 14.1 Å². The van der Waals surface area contributed by atoms with E-state index in [2.05, 4.69) is 21.0 Å². The quantitative estimate of drug-likeness (QED) is 0.612. The summed E-state index contributed by atoms with van der Waals surface area (Å²) in [4.78, 5) is 0.218. The second kappa shape index (κ2) is 7.34. The third-order valence-electron chi connectivity index (χ3n) is 4.30. The van der Waals surface area contributed by atoms with Gasteiger partial charge in [0, 0.05) is 24.8 Å². The molecule has 0 aliphatic heterocycles. The van der Waals surface area contributed by atoms with Crippen LogP contribution in [0.4, 0.5) is 0 Å². The zero-order valence-corrected chi connectivity index (χ0v) is 17.2. The Hall–Kier alpha value is -1.96. The van der Waals surface area contributed by atoms with Gasteiger partial charge in [-0.3, -0.25) is 4.68 Å². The van der Waals surface area contributed by atoms with E-state index < -0.39 is 16.1 Å². The second-order valence-electron chi connectivity index (χ2n) is 6.11. The Morgan fingerprint density at radius 3 is 2.27 bits per heavy atom. The summed E-state index contributed by atoms with van der Waals surface area (Å²) in [6.45, 7) is 1.71. The van der Waals surface area contributed by atoms with E-state index >= 15 is 0 Å². The van der Waals surface area contributed by atoms with Crippen molar-refractivity contribution in [2.75, 3.05) is 7.05 Å². The van der Waals surface area contributed by atoms with Gasteiger partial charge < -0.3 is 0 Å². The van der Waals surface area contributed by atoms with Crippen LogP contribution < -0.4 is 0 Å². The highest BCUT2D eigenvalue weighted by atomic mass is 79.9. The minimum atomic E-state index is -3.73. The van der Waals surface area contributed by atoms with Gasteiger partial charge in [-0.1, -0.05) is 64.5 Å². The van der Waals surface area contributed by atoms with E-state index in [1.54, 1.807) is 27.2 Å². The first-order chi connectivity index (χ1) is 12.3. The van der Waals surface area contributed by atoms with E-state index in [4.69, 9.17) is 0 Å². The normalized spacial score (nSPS) is 13.1. The Kier molecular flexibility index (Phi) is 5.32. The van der Waals surface area contributed by atoms with Crippen molar-refractivity contribution >= 4 is 26.0 Å². The topological polar surface area (TPSA) is 55.2 Å². The number of halogens is 1. The predicted octanol–water partition coefficient (Wildman–Crippen LogP) is 3.90. The molecule has 0 saturated heterocycles. The van der Waals surface area contributed by atoms with Gasteiger partial charge in [0.05, 0.1) is 11.7 Å². The lowest BCUT2D eigenvalue weighted by atomic mass is 9.99. The first kappa shape index (κ1) is 18.8. The van der Waals surface area contributed by atoms with E-state index in [1.807, 2.05) is 54.6 Å². The SMILES string of the molecule is Cc1nn(C)cc1S(=O)(=O)N(C)C(c1ccccc1)c1ccccc1Br. The van der Waals surface area contributed by atoms with Gasteiger partial charge in [-0.15, -0.1) is 0 Å². The lowest BCUT2D eigenvalue weighted by Gasteiger charge is -2.29. The first-order valence-electron chi connectivity index (χ1n) is 8.10. The van der Waals surface area contributed by atoms with Crippen LogP contribution in [0, 0.1) is 6.92 Å². The fraction of sp³-hybridized carbons (Fsp3) is 0.211. The molecule has 0 N–H and O–H groups in total. The van der Waals surface area contributed by atoms with Gasteiger partial charge in [-0.25, -0.2) is 8.42 Å². The minimum Gasteiger partial charge on any atom is -0.274 e. The number of hydrogen-bond acceptors (Lipinski definition) is 3. The molecule has 0 amide bonds. The van der Waals surface area contributed by atoms with Gasteiger partial charge in [0.1, 0.15) is 4.90 Å². The Morgan fingerprint density at radius 2 is 1.69 bits per heavy atom. The van der Waals surface area contributed by atoms with E-state index in [0.29, 0.717) is 5.69 Å². The van der Waals surface area contributed by atoms with Gasteiger partial charge in [0.15, 0.2) is 0 Å². The highest BCUT2D eigenvalue weighted by molar-refractivity contribution is 9.10. The van der Waals surface area contributed by atoms with Crippen LogP contribution in [0.25, 0.3) is 0 Å². The van der Waals surface area contributed by atoms with Crippen molar-refractivity contribution in [3.63, 3.8) is 0 Å².